The first-order valence-electron chi connectivity index (χ1n) is 6.41. The van der Waals surface area contributed by atoms with E-state index in [-0.39, 0.29) is 11.4 Å². The number of rotatable bonds is 8. The first-order valence-corrected chi connectivity index (χ1v) is 8.06. The van der Waals surface area contributed by atoms with Gasteiger partial charge in [-0.2, -0.15) is 0 Å². The number of anilines is 1. The standard InChI is InChI=1S/C13H21FN2O2S/c1-3-5-15-6-4-7-19(17,18)16-13-9-11(2)8-12(14)10-13/h8-10,15-16H,3-7H2,1-2H3. The molecule has 0 amide bonds. The molecule has 0 spiro atoms. The van der Waals surface area contributed by atoms with E-state index in [9.17, 15) is 12.8 Å². The van der Waals surface area contributed by atoms with Crippen LogP contribution in [0.4, 0.5) is 10.1 Å². The van der Waals surface area contributed by atoms with Crippen LogP contribution in [0.25, 0.3) is 0 Å². The molecule has 0 radical (unpaired) electrons. The predicted molar refractivity (Wildman–Crippen MR) is 76.3 cm³/mol. The third-order valence-electron chi connectivity index (χ3n) is 2.51. The summed E-state index contributed by atoms with van der Waals surface area (Å²) in [5.41, 5.74) is 0.960. The van der Waals surface area contributed by atoms with Crippen molar-refractivity contribution in [1.82, 2.24) is 5.32 Å². The Kier molecular flexibility index (Phi) is 6.24. The maximum Gasteiger partial charge on any atom is 0.232 e. The zero-order valence-corrected chi connectivity index (χ0v) is 12.2. The molecule has 0 saturated carbocycles. The van der Waals surface area contributed by atoms with Crippen molar-refractivity contribution in [3.8, 4) is 0 Å². The number of sulfonamides is 1. The Balaban J connectivity index is 2.49. The van der Waals surface area contributed by atoms with Gasteiger partial charge in [0.15, 0.2) is 0 Å². The van der Waals surface area contributed by atoms with Crippen LogP contribution in [0.3, 0.4) is 0 Å². The Hall–Kier alpha value is -1.14. The quantitative estimate of drug-likeness (QED) is 0.721. The summed E-state index contributed by atoms with van der Waals surface area (Å²) in [4.78, 5) is 0. The Morgan fingerprint density at radius 1 is 1.21 bits per heavy atom. The Bertz CT molecular complexity index is 483. The second-order valence-electron chi connectivity index (χ2n) is 4.54. The zero-order chi connectivity index (χ0) is 14.3. The van der Waals surface area contributed by atoms with Gasteiger partial charge in [-0.1, -0.05) is 6.92 Å². The lowest BCUT2D eigenvalue weighted by Crippen LogP contribution is -2.22. The molecule has 4 nitrogen and oxygen atoms in total. The molecule has 1 rings (SSSR count). The summed E-state index contributed by atoms with van der Waals surface area (Å²) in [5.74, 6) is -0.415. The van der Waals surface area contributed by atoms with Gasteiger partial charge in [0.05, 0.1) is 11.4 Å². The molecule has 1 aromatic carbocycles. The molecule has 6 heteroatoms. The molecule has 0 aliphatic carbocycles. The van der Waals surface area contributed by atoms with E-state index in [1.165, 1.54) is 12.1 Å². The van der Waals surface area contributed by atoms with Crippen LogP contribution in [0.5, 0.6) is 0 Å². The van der Waals surface area contributed by atoms with Crippen LogP contribution in [0.2, 0.25) is 0 Å². The van der Waals surface area contributed by atoms with E-state index in [2.05, 4.69) is 17.0 Å². The van der Waals surface area contributed by atoms with Gasteiger partial charge in [-0.15, -0.1) is 0 Å². The SMILES string of the molecule is CCCNCCCS(=O)(=O)Nc1cc(C)cc(F)c1. The molecule has 0 saturated heterocycles. The second kappa shape index (κ2) is 7.45. The number of hydrogen-bond acceptors (Lipinski definition) is 3. The van der Waals surface area contributed by atoms with Crippen molar-refractivity contribution in [1.29, 1.82) is 0 Å². The van der Waals surface area contributed by atoms with Crippen molar-refractivity contribution >= 4 is 15.7 Å². The number of aryl methyl sites for hydroxylation is 1. The van der Waals surface area contributed by atoms with Gasteiger partial charge in [0.25, 0.3) is 0 Å². The van der Waals surface area contributed by atoms with Gasteiger partial charge in [0.1, 0.15) is 5.82 Å². The molecular formula is C13H21FN2O2S. The van der Waals surface area contributed by atoms with Crippen LogP contribution in [-0.2, 0) is 10.0 Å². The maximum absolute atomic E-state index is 13.1. The fourth-order valence-corrected chi connectivity index (χ4v) is 2.82. The van der Waals surface area contributed by atoms with Crippen LogP contribution in [-0.4, -0.2) is 27.3 Å². The molecule has 0 aliphatic heterocycles. The third-order valence-corrected chi connectivity index (χ3v) is 3.88. The van der Waals surface area contributed by atoms with E-state index in [0.717, 1.165) is 13.0 Å². The highest BCUT2D eigenvalue weighted by molar-refractivity contribution is 7.92. The van der Waals surface area contributed by atoms with E-state index in [0.29, 0.717) is 18.5 Å². The van der Waals surface area contributed by atoms with Crippen LogP contribution < -0.4 is 10.0 Å². The monoisotopic (exact) mass is 288 g/mol. The topological polar surface area (TPSA) is 58.2 Å². The molecule has 108 valence electrons. The van der Waals surface area contributed by atoms with Crippen LogP contribution in [0, 0.1) is 12.7 Å². The summed E-state index contributed by atoms with van der Waals surface area (Å²) in [5, 5.41) is 3.14. The van der Waals surface area contributed by atoms with E-state index < -0.39 is 15.8 Å². The van der Waals surface area contributed by atoms with Gasteiger partial charge >= 0.3 is 0 Å². The molecular weight excluding hydrogens is 267 g/mol. The molecule has 0 atom stereocenters. The average Bonchev–Trinajstić information content (AvgIpc) is 2.26. The summed E-state index contributed by atoms with van der Waals surface area (Å²) in [6.45, 7) is 5.32. The van der Waals surface area contributed by atoms with E-state index >= 15 is 0 Å². The minimum atomic E-state index is -3.41. The van der Waals surface area contributed by atoms with Gasteiger partial charge < -0.3 is 5.32 Å². The van der Waals surface area contributed by atoms with Gasteiger partial charge in [0.2, 0.25) is 10.0 Å². The van der Waals surface area contributed by atoms with Crippen molar-refractivity contribution in [3.63, 3.8) is 0 Å². The van der Waals surface area contributed by atoms with Gasteiger partial charge in [0, 0.05) is 0 Å². The predicted octanol–water partition coefficient (Wildman–Crippen LogP) is 2.27. The van der Waals surface area contributed by atoms with Gasteiger partial charge in [-0.25, -0.2) is 12.8 Å². The average molecular weight is 288 g/mol. The number of benzene rings is 1. The van der Waals surface area contributed by atoms with Crippen molar-refractivity contribution in [2.24, 2.45) is 0 Å². The Morgan fingerprint density at radius 2 is 1.95 bits per heavy atom. The molecule has 19 heavy (non-hydrogen) atoms. The molecule has 0 aliphatic rings. The molecule has 0 aromatic heterocycles. The summed E-state index contributed by atoms with van der Waals surface area (Å²) in [6, 6.07) is 4.14. The van der Waals surface area contributed by atoms with Crippen molar-refractivity contribution in [3.05, 3.63) is 29.6 Å². The minimum absolute atomic E-state index is 0.0271. The number of halogens is 1. The number of hydrogen-bond donors (Lipinski definition) is 2. The van der Waals surface area contributed by atoms with Gasteiger partial charge in [-0.3, -0.25) is 4.72 Å². The maximum atomic E-state index is 13.1. The normalized spacial score (nSPS) is 11.5. The largest absolute Gasteiger partial charge is 0.317 e. The highest BCUT2D eigenvalue weighted by Gasteiger charge is 2.10. The Morgan fingerprint density at radius 3 is 2.58 bits per heavy atom. The van der Waals surface area contributed by atoms with E-state index in [4.69, 9.17) is 0 Å². The highest BCUT2D eigenvalue weighted by atomic mass is 32.2. The molecule has 0 bridgehead atoms. The van der Waals surface area contributed by atoms with Crippen molar-refractivity contribution in [2.75, 3.05) is 23.6 Å². The Labute approximate surface area is 114 Å². The van der Waals surface area contributed by atoms with Crippen molar-refractivity contribution in [2.45, 2.75) is 26.7 Å². The first-order chi connectivity index (χ1) is 8.93. The molecule has 0 fully saturated rings. The minimum Gasteiger partial charge on any atom is -0.317 e. The molecule has 0 unspecified atom stereocenters. The summed E-state index contributed by atoms with van der Waals surface area (Å²) in [7, 11) is -3.41. The highest BCUT2D eigenvalue weighted by Crippen LogP contribution is 2.15. The molecule has 1 aromatic rings. The molecule has 0 heterocycles. The van der Waals surface area contributed by atoms with Crippen LogP contribution in [0.15, 0.2) is 18.2 Å². The lowest BCUT2D eigenvalue weighted by atomic mass is 10.2. The van der Waals surface area contributed by atoms with Crippen molar-refractivity contribution < 1.29 is 12.8 Å². The first kappa shape index (κ1) is 15.9. The summed E-state index contributed by atoms with van der Waals surface area (Å²) < 4.78 is 39.1. The lowest BCUT2D eigenvalue weighted by molar-refractivity contribution is 0.593. The third kappa shape index (κ3) is 6.54. The van der Waals surface area contributed by atoms with E-state index in [1.807, 2.05) is 0 Å². The van der Waals surface area contributed by atoms with Crippen LogP contribution in [0.1, 0.15) is 25.3 Å². The smallest absolute Gasteiger partial charge is 0.232 e. The zero-order valence-electron chi connectivity index (χ0n) is 11.4. The second-order valence-corrected chi connectivity index (χ2v) is 6.38. The number of nitrogens with one attached hydrogen (secondary N) is 2. The van der Waals surface area contributed by atoms with Gasteiger partial charge in [-0.05, 0) is 56.6 Å². The van der Waals surface area contributed by atoms with E-state index in [1.54, 1.807) is 13.0 Å². The lowest BCUT2D eigenvalue weighted by Gasteiger charge is -2.09. The summed E-state index contributed by atoms with van der Waals surface area (Å²) in [6.07, 6.45) is 1.55. The summed E-state index contributed by atoms with van der Waals surface area (Å²) >= 11 is 0. The molecule has 2 N–H and O–H groups in total. The fraction of sp³-hybridized carbons (Fsp3) is 0.538. The van der Waals surface area contributed by atoms with Crippen LogP contribution >= 0.6 is 0 Å². The fourth-order valence-electron chi connectivity index (χ4n) is 1.71.